The van der Waals surface area contributed by atoms with Crippen molar-refractivity contribution in [2.45, 2.75) is 264 Å². The van der Waals surface area contributed by atoms with Gasteiger partial charge in [-0.25, -0.2) is 4.79 Å². The highest BCUT2D eigenvalue weighted by Gasteiger charge is 2.19. The van der Waals surface area contributed by atoms with Crippen molar-refractivity contribution in [1.29, 1.82) is 0 Å². The first-order chi connectivity index (χ1) is 25.4. The van der Waals surface area contributed by atoms with E-state index in [9.17, 15) is 19.5 Å². The number of hydrogen-bond donors (Lipinski definition) is 3. The van der Waals surface area contributed by atoms with E-state index in [1.165, 1.54) is 148 Å². The van der Waals surface area contributed by atoms with Gasteiger partial charge in [0.1, 0.15) is 12.1 Å². The molecule has 308 valence electrons. The Labute approximate surface area is 322 Å². The van der Waals surface area contributed by atoms with Crippen molar-refractivity contribution >= 4 is 17.8 Å². The molecule has 0 aromatic rings. The highest BCUT2D eigenvalue weighted by molar-refractivity contribution is 5.83. The number of nitrogens with two attached hydrogens (primary N) is 1. The van der Waals surface area contributed by atoms with Crippen molar-refractivity contribution in [3.8, 4) is 0 Å². The molecule has 52 heavy (non-hydrogen) atoms. The van der Waals surface area contributed by atoms with Crippen LogP contribution in [0.5, 0.6) is 0 Å². The van der Waals surface area contributed by atoms with Crippen LogP contribution in [0.3, 0.4) is 0 Å². The van der Waals surface area contributed by atoms with Crippen molar-refractivity contribution in [2.75, 3.05) is 6.54 Å². The second-order valence-electron chi connectivity index (χ2n) is 15.8. The molecule has 0 aromatic heterocycles. The minimum atomic E-state index is -1.00. The number of unbranched alkanes of at least 4 members (excludes halogenated alkanes) is 28. The lowest BCUT2D eigenvalue weighted by Crippen LogP contribution is -2.40. The van der Waals surface area contributed by atoms with Gasteiger partial charge in [0, 0.05) is 12.8 Å². The van der Waals surface area contributed by atoms with Crippen LogP contribution in [0.25, 0.3) is 0 Å². The minimum Gasteiger partial charge on any atom is -0.480 e. The van der Waals surface area contributed by atoms with Gasteiger partial charge < -0.3 is 20.9 Å². The van der Waals surface area contributed by atoms with Gasteiger partial charge in [-0.15, -0.1) is 0 Å². The number of carbonyl (C=O) groups is 3. The SMILES string of the molecule is CCCCCCCCCCCCCCCCCCCCC(=O)OC(CCCCCCCCCC)CCCCCCCC(=O)NC(CCCN)C(=O)O. The highest BCUT2D eigenvalue weighted by atomic mass is 16.5. The van der Waals surface area contributed by atoms with E-state index in [0.717, 1.165) is 64.2 Å². The van der Waals surface area contributed by atoms with Crippen LogP contribution in [0.1, 0.15) is 251 Å². The number of carboxylic acid groups (broad SMARTS) is 1. The smallest absolute Gasteiger partial charge is 0.326 e. The fourth-order valence-corrected chi connectivity index (χ4v) is 7.22. The summed E-state index contributed by atoms with van der Waals surface area (Å²) in [6.07, 6.45) is 43.0. The first kappa shape index (κ1) is 50.4. The highest BCUT2D eigenvalue weighted by Crippen LogP contribution is 2.19. The van der Waals surface area contributed by atoms with Gasteiger partial charge in [0.25, 0.3) is 0 Å². The summed E-state index contributed by atoms with van der Waals surface area (Å²) in [4.78, 5) is 36.3. The molecule has 0 rings (SSSR count). The number of nitrogens with one attached hydrogen (secondary N) is 1. The molecule has 0 aromatic carbocycles. The van der Waals surface area contributed by atoms with Crippen molar-refractivity contribution in [3.63, 3.8) is 0 Å². The maximum Gasteiger partial charge on any atom is 0.326 e. The Bertz CT molecular complexity index is 792. The largest absolute Gasteiger partial charge is 0.480 e. The Balaban J connectivity index is 4.10. The van der Waals surface area contributed by atoms with E-state index >= 15 is 0 Å². The Hall–Kier alpha value is -1.63. The van der Waals surface area contributed by atoms with Crippen molar-refractivity contribution in [1.82, 2.24) is 5.32 Å². The lowest BCUT2D eigenvalue weighted by molar-refractivity contribution is -0.150. The quantitative estimate of drug-likeness (QED) is 0.0424. The van der Waals surface area contributed by atoms with Crippen molar-refractivity contribution < 1.29 is 24.2 Å². The summed E-state index contributed by atoms with van der Waals surface area (Å²) in [7, 11) is 0. The third kappa shape index (κ3) is 36.7. The number of esters is 1. The molecule has 4 N–H and O–H groups in total. The van der Waals surface area contributed by atoms with Crippen molar-refractivity contribution in [3.05, 3.63) is 0 Å². The minimum absolute atomic E-state index is 0.0156. The van der Waals surface area contributed by atoms with E-state index in [1.54, 1.807) is 0 Å². The van der Waals surface area contributed by atoms with Crippen LogP contribution < -0.4 is 11.1 Å². The van der Waals surface area contributed by atoms with Crippen LogP contribution in [0, 0.1) is 0 Å². The number of aliphatic carboxylic acids is 1. The molecule has 0 heterocycles. The zero-order valence-corrected chi connectivity index (χ0v) is 34.7. The van der Waals surface area contributed by atoms with Crippen molar-refractivity contribution in [2.24, 2.45) is 5.73 Å². The second kappa shape index (κ2) is 40.6. The van der Waals surface area contributed by atoms with Crippen LogP contribution in [0.15, 0.2) is 0 Å². The third-order valence-corrected chi connectivity index (χ3v) is 10.7. The van der Waals surface area contributed by atoms with Gasteiger partial charge in [-0.1, -0.05) is 187 Å². The zero-order valence-electron chi connectivity index (χ0n) is 34.7. The van der Waals surface area contributed by atoms with Crippen LogP contribution in [0.4, 0.5) is 0 Å². The molecule has 2 atom stereocenters. The molecule has 0 aliphatic heterocycles. The second-order valence-corrected chi connectivity index (χ2v) is 15.8. The predicted octanol–water partition coefficient (Wildman–Crippen LogP) is 12.9. The van der Waals surface area contributed by atoms with Gasteiger partial charge in [0.15, 0.2) is 0 Å². The monoisotopic (exact) mass is 737 g/mol. The Morgan fingerprint density at radius 3 is 1.19 bits per heavy atom. The zero-order chi connectivity index (χ0) is 38.2. The van der Waals surface area contributed by atoms with Gasteiger partial charge in [0.2, 0.25) is 5.91 Å². The predicted molar refractivity (Wildman–Crippen MR) is 221 cm³/mol. The first-order valence-electron chi connectivity index (χ1n) is 22.9. The van der Waals surface area contributed by atoms with E-state index < -0.39 is 12.0 Å². The molecule has 0 spiro atoms. The summed E-state index contributed by atoms with van der Waals surface area (Å²) in [6, 6.07) is -0.851. The van der Waals surface area contributed by atoms with Crippen LogP contribution in [-0.4, -0.2) is 41.6 Å². The summed E-state index contributed by atoms with van der Waals surface area (Å²) in [5.41, 5.74) is 5.48. The van der Waals surface area contributed by atoms with E-state index in [4.69, 9.17) is 10.5 Å². The molecular formula is C45H88N2O5. The molecule has 0 fully saturated rings. The van der Waals surface area contributed by atoms with Gasteiger partial charge in [-0.05, 0) is 57.9 Å². The maximum atomic E-state index is 12.8. The number of carboxylic acids is 1. The Morgan fingerprint density at radius 2 is 0.827 bits per heavy atom. The molecule has 0 saturated carbocycles. The number of carbonyl (C=O) groups excluding carboxylic acids is 2. The molecule has 0 radical (unpaired) electrons. The van der Waals surface area contributed by atoms with E-state index in [2.05, 4.69) is 19.2 Å². The Morgan fingerprint density at radius 1 is 0.481 bits per heavy atom. The van der Waals surface area contributed by atoms with E-state index in [0.29, 0.717) is 32.2 Å². The summed E-state index contributed by atoms with van der Waals surface area (Å²) in [6.45, 7) is 4.96. The fourth-order valence-electron chi connectivity index (χ4n) is 7.22. The molecule has 0 saturated heterocycles. The summed E-state index contributed by atoms with van der Waals surface area (Å²) < 4.78 is 6.04. The molecule has 0 bridgehead atoms. The van der Waals surface area contributed by atoms with Crippen LogP contribution in [0.2, 0.25) is 0 Å². The number of hydrogen-bond acceptors (Lipinski definition) is 5. The number of amides is 1. The van der Waals surface area contributed by atoms with Gasteiger partial charge in [-0.3, -0.25) is 9.59 Å². The topological polar surface area (TPSA) is 119 Å². The molecule has 7 heteroatoms. The normalized spacial score (nSPS) is 12.5. The molecule has 2 unspecified atom stereocenters. The molecule has 1 amide bonds. The standard InChI is InChI=1S/C45H88N2O5/c1-3-5-7-9-11-13-14-15-16-17-18-19-20-21-22-24-29-33-39-44(49)52-41(35-30-26-23-12-10-8-6-4-2)36-31-27-25-28-32-38-43(48)47-42(45(50)51)37-34-40-46/h41-42H,3-40,46H2,1-2H3,(H,47,48)(H,50,51). The molecule has 7 nitrogen and oxygen atoms in total. The average molecular weight is 737 g/mol. The summed E-state index contributed by atoms with van der Waals surface area (Å²) in [5.74, 6) is -1.21. The third-order valence-electron chi connectivity index (χ3n) is 10.7. The van der Waals surface area contributed by atoms with Gasteiger partial charge in [-0.2, -0.15) is 0 Å². The summed E-state index contributed by atoms with van der Waals surface area (Å²) >= 11 is 0. The van der Waals surface area contributed by atoms with Gasteiger partial charge in [0.05, 0.1) is 0 Å². The number of rotatable bonds is 42. The maximum absolute atomic E-state index is 12.8. The van der Waals surface area contributed by atoms with E-state index in [1.807, 2.05) is 0 Å². The van der Waals surface area contributed by atoms with Gasteiger partial charge >= 0.3 is 11.9 Å². The average Bonchev–Trinajstić information content (AvgIpc) is 3.13. The molecular weight excluding hydrogens is 649 g/mol. The van der Waals surface area contributed by atoms with E-state index in [-0.39, 0.29) is 18.0 Å². The lowest BCUT2D eigenvalue weighted by Gasteiger charge is -2.18. The summed E-state index contributed by atoms with van der Waals surface area (Å²) in [5, 5.41) is 11.9. The van der Waals surface area contributed by atoms with Crippen LogP contribution in [-0.2, 0) is 19.1 Å². The first-order valence-corrected chi connectivity index (χ1v) is 22.9. The fraction of sp³-hybridized carbons (Fsp3) is 0.933. The molecule has 0 aliphatic carbocycles. The number of ether oxygens (including phenoxy) is 1. The lowest BCUT2D eigenvalue weighted by atomic mass is 10.0. The molecule has 0 aliphatic rings. The van der Waals surface area contributed by atoms with Crippen LogP contribution >= 0.6 is 0 Å². The Kier molecular flexibility index (Phi) is 39.3.